The van der Waals surface area contributed by atoms with Crippen LogP contribution >= 0.6 is 0 Å². The van der Waals surface area contributed by atoms with Crippen LogP contribution in [0.25, 0.3) is 0 Å². The topological polar surface area (TPSA) is 92.9 Å². The molecule has 0 bridgehead atoms. The van der Waals surface area contributed by atoms with Crippen molar-refractivity contribution >= 4 is 21.6 Å². The van der Waals surface area contributed by atoms with Gasteiger partial charge in [-0.3, -0.25) is 4.79 Å². The first-order valence-corrected chi connectivity index (χ1v) is 7.99. The highest BCUT2D eigenvalue weighted by atomic mass is 32.2. The number of piperazine rings is 1. The molecule has 1 heterocycles. The second-order valence-electron chi connectivity index (χ2n) is 4.81. The summed E-state index contributed by atoms with van der Waals surface area (Å²) in [6.07, 6.45) is 0. The molecule has 0 aliphatic carbocycles. The van der Waals surface area contributed by atoms with Crippen molar-refractivity contribution in [3.63, 3.8) is 0 Å². The summed E-state index contributed by atoms with van der Waals surface area (Å²) in [6.45, 7) is 2.86. The van der Waals surface area contributed by atoms with Gasteiger partial charge in [-0.15, -0.1) is 0 Å². The van der Waals surface area contributed by atoms with Gasteiger partial charge >= 0.3 is 0 Å². The molecule has 1 amide bonds. The highest BCUT2D eigenvalue weighted by molar-refractivity contribution is 7.89. The van der Waals surface area contributed by atoms with E-state index in [1.807, 2.05) is 0 Å². The van der Waals surface area contributed by atoms with Crippen molar-refractivity contribution in [3.8, 4) is 5.75 Å². The lowest BCUT2D eigenvalue weighted by molar-refractivity contribution is -0.129. The van der Waals surface area contributed by atoms with E-state index < -0.39 is 10.0 Å². The van der Waals surface area contributed by atoms with Gasteiger partial charge in [0, 0.05) is 33.1 Å². The van der Waals surface area contributed by atoms with Crippen LogP contribution < -0.4 is 10.5 Å². The van der Waals surface area contributed by atoms with Crippen molar-refractivity contribution in [1.29, 1.82) is 0 Å². The standard InChI is InChI=1S/C13H19N3O4S/c1-10(17)15-5-7-16(8-6-15)21(18,19)11-3-4-13(20-2)12(14)9-11/h3-4,9H,5-8,14H2,1-2H3. The van der Waals surface area contributed by atoms with Gasteiger partial charge in [0.25, 0.3) is 0 Å². The molecule has 1 aromatic rings. The SMILES string of the molecule is COc1ccc(S(=O)(=O)N2CCN(C(C)=O)CC2)cc1N. The Hall–Kier alpha value is -1.80. The third-order valence-corrected chi connectivity index (χ3v) is 5.42. The molecular weight excluding hydrogens is 294 g/mol. The minimum atomic E-state index is -3.60. The Morgan fingerprint density at radius 2 is 1.86 bits per heavy atom. The minimum absolute atomic E-state index is 0.0410. The van der Waals surface area contributed by atoms with E-state index in [1.54, 1.807) is 4.90 Å². The quantitative estimate of drug-likeness (QED) is 0.801. The molecule has 1 aliphatic heterocycles. The first-order chi connectivity index (χ1) is 9.86. The Kier molecular flexibility index (Phi) is 4.38. The van der Waals surface area contributed by atoms with E-state index in [4.69, 9.17) is 10.5 Å². The molecule has 1 aliphatic rings. The molecule has 2 N–H and O–H groups in total. The number of ether oxygens (including phenoxy) is 1. The molecule has 7 nitrogen and oxygen atoms in total. The summed E-state index contributed by atoms with van der Waals surface area (Å²) in [6, 6.07) is 4.40. The number of carbonyl (C=O) groups excluding carboxylic acids is 1. The number of rotatable bonds is 3. The summed E-state index contributed by atoms with van der Waals surface area (Å²) >= 11 is 0. The van der Waals surface area contributed by atoms with Crippen LogP contribution in [0.1, 0.15) is 6.92 Å². The Balaban J connectivity index is 2.19. The van der Waals surface area contributed by atoms with E-state index in [0.717, 1.165) is 0 Å². The average molecular weight is 313 g/mol. The zero-order chi connectivity index (χ0) is 15.6. The average Bonchev–Trinajstić information content (AvgIpc) is 2.47. The van der Waals surface area contributed by atoms with Crippen LogP contribution in [0.5, 0.6) is 5.75 Å². The van der Waals surface area contributed by atoms with Gasteiger partial charge in [0.05, 0.1) is 17.7 Å². The molecule has 1 aromatic carbocycles. The van der Waals surface area contributed by atoms with Gasteiger partial charge < -0.3 is 15.4 Å². The highest BCUT2D eigenvalue weighted by Gasteiger charge is 2.29. The predicted molar refractivity (Wildman–Crippen MR) is 78.4 cm³/mol. The van der Waals surface area contributed by atoms with E-state index in [-0.39, 0.29) is 29.6 Å². The molecule has 0 unspecified atom stereocenters. The minimum Gasteiger partial charge on any atom is -0.495 e. The normalized spacial score (nSPS) is 16.8. The second-order valence-corrected chi connectivity index (χ2v) is 6.75. The van der Waals surface area contributed by atoms with Gasteiger partial charge in [-0.05, 0) is 18.2 Å². The molecule has 2 rings (SSSR count). The Labute approximate surface area is 124 Å². The van der Waals surface area contributed by atoms with E-state index in [0.29, 0.717) is 18.8 Å². The fourth-order valence-corrected chi connectivity index (χ4v) is 3.72. The summed E-state index contributed by atoms with van der Waals surface area (Å²) in [5.41, 5.74) is 6.04. The van der Waals surface area contributed by atoms with Gasteiger partial charge in [0.2, 0.25) is 15.9 Å². The first kappa shape index (κ1) is 15.6. The Morgan fingerprint density at radius 3 is 2.33 bits per heavy atom. The van der Waals surface area contributed by atoms with Gasteiger partial charge in [-0.2, -0.15) is 4.31 Å². The molecule has 0 spiro atoms. The van der Waals surface area contributed by atoms with Crippen molar-refractivity contribution < 1.29 is 17.9 Å². The van der Waals surface area contributed by atoms with E-state index in [2.05, 4.69) is 0 Å². The lowest BCUT2D eigenvalue weighted by Crippen LogP contribution is -2.49. The number of sulfonamides is 1. The summed E-state index contributed by atoms with van der Waals surface area (Å²) in [5, 5.41) is 0. The molecule has 8 heteroatoms. The summed E-state index contributed by atoms with van der Waals surface area (Å²) in [5.74, 6) is 0.399. The van der Waals surface area contributed by atoms with Crippen molar-refractivity contribution in [2.75, 3.05) is 39.0 Å². The highest BCUT2D eigenvalue weighted by Crippen LogP contribution is 2.26. The van der Waals surface area contributed by atoms with Gasteiger partial charge in [-0.25, -0.2) is 8.42 Å². The summed E-state index contributed by atoms with van der Waals surface area (Å²) in [7, 11) is -2.13. The fourth-order valence-electron chi connectivity index (χ4n) is 2.27. The number of hydrogen-bond donors (Lipinski definition) is 1. The van der Waals surface area contributed by atoms with Crippen LogP contribution in [0.4, 0.5) is 5.69 Å². The lowest BCUT2D eigenvalue weighted by atomic mass is 10.3. The number of nitrogens with two attached hydrogens (primary N) is 1. The summed E-state index contributed by atoms with van der Waals surface area (Å²) < 4.78 is 31.5. The van der Waals surface area contributed by atoms with Crippen molar-refractivity contribution in [1.82, 2.24) is 9.21 Å². The molecule has 0 atom stereocenters. The van der Waals surface area contributed by atoms with E-state index in [1.165, 1.54) is 36.5 Å². The molecule has 1 saturated heterocycles. The van der Waals surface area contributed by atoms with Crippen LogP contribution in [0.3, 0.4) is 0 Å². The molecular formula is C13H19N3O4S. The number of anilines is 1. The maximum Gasteiger partial charge on any atom is 0.243 e. The van der Waals surface area contributed by atoms with Gasteiger partial charge in [-0.1, -0.05) is 0 Å². The zero-order valence-electron chi connectivity index (χ0n) is 12.1. The molecule has 116 valence electrons. The number of methoxy groups -OCH3 is 1. The Bertz CT molecular complexity index is 637. The molecule has 21 heavy (non-hydrogen) atoms. The predicted octanol–water partition coefficient (Wildman–Crippen LogP) is 0.130. The zero-order valence-corrected chi connectivity index (χ0v) is 12.9. The third-order valence-electron chi connectivity index (χ3n) is 3.52. The largest absolute Gasteiger partial charge is 0.495 e. The fraction of sp³-hybridized carbons (Fsp3) is 0.462. The van der Waals surface area contributed by atoms with E-state index >= 15 is 0 Å². The monoisotopic (exact) mass is 313 g/mol. The van der Waals surface area contributed by atoms with Crippen LogP contribution in [-0.2, 0) is 14.8 Å². The summed E-state index contributed by atoms with van der Waals surface area (Å²) in [4.78, 5) is 13.0. The van der Waals surface area contributed by atoms with Crippen LogP contribution in [-0.4, -0.2) is 56.8 Å². The third kappa shape index (κ3) is 3.11. The molecule has 0 radical (unpaired) electrons. The van der Waals surface area contributed by atoms with Crippen molar-refractivity contribution in [2.24, 2.45) is 0 Å². The smallest absolute Gasteiger partial charge is 0.243 e. The molecule has 0 saturated carbocycles. The van der Waals surface area contributed by atoms with Crippen LogP contribution in [0.2, 0.25) is 0 Å². The number of carbonyl (C=O) groups is 1. The van der Waals surface area contributed by atoms with E-state index in [9.17, 15) is 13.2 Å². The van der Waals surface area contributed by atoms with Gasteiger partial charge in [0.15, 0.2) is 0 Å². The number of nitrogens with zero attached hydrogens (tertiary/aromatic N) is 2. The maximum atomic E-state index is 12.5. The first-order valence-electron chi connectivity index (χ1n) is 6.55. The number of benzene rings is 1. The second kappa shape index (κ2) is 5.90. The van der Waals surface area contributed by atoms with Crippen molar-refractivity contribution in [3.05, 3.63) is 18.2 Å². The lowest BCUT2D eigenvalue weighted by Gasteiger charge is -2.33. The number of amides is 1. The van der Waals surface area contributed by atoms with Gasteiger partial charge in [0.1, 0.15) is 5.75 Å². The Morgan fingerprint density at radius 1 is 1.24 bits per heavy atom. The molecule has 0 aromatic heterocycles. The van der Waals surface area contributed by atoms with Crippen LogP contribution in [0, 0.1) is 0 Å². The van der Waals surface area contributed by atoms with Crippen LogP contribution in [0.15, 0.2) is 23.1 Å². The maximum absolute atomic E-state index is 12.5. The van der Waals surface area contributed by atoms with Crippen molar-refractivity contribution in [2.45, 2.75) is 11.8 Å². The number of nitrogen functional groups attached to an aromatic ring is 1. The number of hydrogen-bond acceptors (Lipinski definition) is 5. The molecule has 1 fully saturated rings.